The van der Waals surface area contributed by atoms with E-state index in [4.69, 9.17) is 4.74 Å². The lowest BCUT2D eigenvalue weighted by Crippen LogP contribution is -2.45. The summed E-state index contributed by atoms with van der Waals surface area (Å²) >= 11 is 0. The van der Waals surface area contributed by atoms with Crippen LogP contribution in [-0.2, 0) is 14.3 Å². The van der Waals surface area contributed by atoms with Crippen molar-refractivity contribution in [3.8, 4) is 6.07 Å². The van der Waals surface area contributed by atoms with Crippen molar-refractivity contribution in [1.29, 1.82) is 5.26 Å². The van der Waals surface area contributed by atoms with Crippen molar-refractivity contribution in [3.63, 3.8) is 0 Å². The first-order chi connectivity index (χ1) is 15.7. The van der Waals surface area contributed by atoms with Crippen LogP contribution >= 0.6 is 0 Å². The van der Waals surface area contributed by atoms with Gasteiger partial charge in [0.15, 0.2) is 0 Å². The van der Waals surface area contributed by atoms with Gasteiger partial charge in [0.05, 0.1) is 30.5 Å². The Labute approximate surface area is 186 Å². The fourth-order valence-corrected chi connectivity index (χ4v) is 4.00. The van der Waals surface area contributed by atoms with E-state index in [-0.39, 0.29) is 12.6 Å². The Balaban J connectivity index is 1.52. The highest BCUT2D eigenvalue weighted by Crippen LogP contribution is 2.28. The highest BCUT2D eigenvalue weighted by Gasteiger charge is 2.26. The normalized spacial score (nSPS) is 15.0. The Hall–Kier alpha value is -3.73. The molecule has 0 unspecified atom stereocenters. The summed E-state index contributed by atoms with van der Waals surface area (Å²) in [5.41, 5.74) is 1.71. The number of ether oxygens (including phenoxy) is 1. The average Bonchev–Trinajstić information content (AvgIpc) is 2.85. The Morgan fingerprint density at radius 2 is 1.69 bits per heavy atom. The summed E-state index contributed by atoms with van der Waals surface area (Å²) < 4.78 is 5.51. The van der Waals surface area contributed by atoms with E-state index < -0.39 is 11.8 Å². The predicted octanol–water partition coefficient (Wildman–Crippen LogP) is 2.84. The molecular formula is C25H24N4O3. The molecule has 1 heterocycles. The maximum absolute atomic E-state index is 12.6. The van der Waals surface area contributed by atoms with Crippen molar-refractivity contribution >= 4 is 28.3 Å². The van der Waals surface area contributed by atoms with E-state index in [9.17, 15) is 14.9 Å². The van der Waals surface area contributed by atoms with Gasteiger partial charge in [0.25, 0.3) is 0 Å². The molecule has 0 saturated carbocycles. The number of anilines is 1. The monoisotopic (exact) mass is 428 g/mol. The van der Waals surface area contributed by atoms with Gasteiger partial charge in [-0.15, -0.1) is 0 Å². The SMILES string of the molecule is N#Cc1ccccc1NC(=O)C(=O)NC[C@H](c1cccc2ccccc12)N1CCOCC1. The third-order valence-electron chi connectivity index (χ3n) is 5.63. The number of nitrogens with zero attached hydrogens (tertiary/aromatic N) is 2. The molecule has 162 valence electrons. The summed E-state index contributed by atoms with van der Waals surface area (Å²) in [6.45, 7) is 3.01. The van der Waals surface area contributed by atoms with Crippen LogP contribution in [0.15, 0.2) is 66.7 Å². The van der Waals surface area contributed by atoms with Crippen LogP contribution < -0.4 is 10.6 Å². The van der Waals surface area contributed by atoms with Crippen LogP contribution in [-0.4, -0.2) is 49.6 Å². The molecular weight excluding hydrogens is 404 g/mol. The lowest BCUT2D eigenvalue weighted by atomic mass is 9.97. The van der Waals surface area contributed by atoms with Gasteiger partial charge in [-0.3, -0.25) is 14.5 Å². The minimum Gasteiger partial charge on any atom is -0.379 e. The lowest BCUT2D eigenvalue weighted by molar-refractivity contribution is -0.136. The van der Waals surface area contributed by atoms with Crippen molar-refractivity contribution in [3.05, 3.63) is 77.9 Å². The third kappa shape index (κ3) is 4.78. The molecule has 2 N–H and O–H groups in total. The third-order valence-corrected chi connectivity index (χ3v) is 5.63. The zero-order valence-corrected chi connectivity index (χ0v) is 17.6. The standard InChI is InChI=1S/C25H24N4O3/c26-16-19-7-2-4-11-22(19)28-25(31)24(30)27-17-23(29-12-14-32-15-13-29)21-10-5-8-18-6-1-3-9-20(18)21/h1-11,23H,12-15,17H2,(H,27,30)(H,28,31)/t23-/m1/s1. The Morgan fingerprint density at radius 1 is 0.969 bits per heavy atom. The molecule has 2 amide bonds. The quantitative estimate of drug-likeness (QED) is 0.610. The number of nitriles is 1. The number of carbonyl (C=O) groups is 2. The maximum Gasteiger partial charge on any atom is 0.313 e. The van der Waals surface area contributed by atoms with Gasteiger partial charge >= 0.3 is 11.8 Å². The van der Waals surface area contributed by atoms with Crippen molar-refractivity contribution in [1.82, 2.24) is 10.2 Å². The molecule has 1 aliphatic rings. The van der Waals surface area contributed by atoms with Crippen LogP contribution in [0.3, 0.4) is 0 Å². The fraction of sp³-hybridized carbons (Fsp3) is 0.240. The summed E-state index contributed by atoms with van der Waals surface area (Å²) in [6.07, 6.45) is 0. The van der Waals surface area contributed by atoms with Crippen LogP contribution in [0.2, 0.25) is 0 Å². The predicted molar refractivity (Wildman–Crippen MR) is 122 cm³/mol. The van der Waals surface area contributed by atoms with Crippen molar-refractivity contribution in [2.45, 2.75) is 6.04 Å². The number of nitrogens with one attached hydrogen (secondary N) is 2. The second-order valence-corrected chi connectivity index (χ2v) is 7.55. The number of fused-ring (bicyclic) bond motifs is 1. The fourth-order valence-electron chi connectivity index (χ4n) is 4.00. The van der Waals surface area contributed by atoms with E-state index in [1.807, 2.05) is 24.3 Å². The molecule has 4 rings (SSSR count). The number of hydrogen-bond donors (Lipinski definition) is 2. The number of carbonyl (C=O) groups excluding carboxylic acids is 2. The Bertz CT molecular complexity index is 1160. The molecule has 0 aromatic heterocycles. The minimum atomic E-state index is -0.800. The van der Waals surface area contributed by atoms with Crippen LogP contribution in [0.1, 0.15) is 17.2 Å². The number of benzene rings is 3. The first-order valence-electron chi connectivity index (χ1n) is 10.5. The van der Waals surface area contributed by atoms with Gasteiger partial charge in [-0.25, -0.2) is 0 Å². The molecule has 0 radical (unpaired) electrons. The first kappa shape index (κ1) is 21.5. The number of amides is 2. The van der Waals surface area contributed by atoms with E-state index in [0.29, 0.717) is 24.5 Å². The van der Waals surface area contributed by atoms with Gasteiger partial charge in [-0.05, 0) is 28.5 Å². The number of morpholine rings is 1. The molecule has 0 spiro atoms. The van der Waals surface area contributed by atoms with E-state index in [1.165, 1.54) is 0 Å². The lowest BCUT2D eigenvalue weighted by Gasteiger charge is -2.35. The summed E-state index contributed by atoms with van der Waals surface area (Å²) in [5, 5.41) is 16.7. The topological polar surface area (TPSA) is 94.5 Å². The number of para-hydroxylation sites is 1. The zero-order valence-electron chi connectivity index (χ0n) is 17.6. The molecule has 1 aliphatic heterocycles. The number of rotatable bonds is 5. The van der Waals surface area contributed by atoms with Gasteiger partial charge in [-0.2, -0.15) is 5.26 Å². The molecule has 3 aromatic rings. The summed E-state index contributed by atoms with van der Waals surface area (Å²) in [6, 6.07) is 22.8. The van der Waals surface area contributed by atoms with E-state index in [2.05, 4.69) is 39.8 Å². The van der Waals surface area contributed by atoms with Crippen LogP contribution in [0.4, 0.5) is 5.69 Å². The van der Waals surface area contributed by atoms with E-state index >= 15 is 0 Å². The summed E-state index contributed by atoms with van der Waals surface area (Å²) in [5.74, 6) is -1.54. The van der Waals surface area contributed by atoms with Gasteiger partial charge in [0.1, 0.15) is 6.07 Å². The largest absolute Gasteiger partial charge is 0.379 e. The highest BCUT2D eigenvalue weighted by atomic mass is 16.5. The molecule has 0 bridgehead atoms. The van der Waals surface area contributed by atoms with Gasteiger partial charge < -0.3 is 15.4 Å². The average molecular weight is 428 g/mol. The second-order valence-electron chi connectivity index (χ2n) is 7.55. The van der Waals surface area contributed by atoms with Crippen molar-refractivity contribution in [2.24, 2.45) is 0 Å². The molecule has 7 heteroatoms. The summed E-state index contributed by atoms with van der Waals surface area (Å²) in [7, 11) is 0. The Morgan fingerprint density at radius 3 is 2.50 bits per heavy atom. The smallest absolute Gasteiger partial charge is 0.313 e. The molecule has 1 saturated heterocycles. The molecule has 32 heavy (non-hydrogen) atoms. The zero-order chi connectivity index (χ0) is 22.3. The van der Waals surface area contributed by atoms with E-state index in [0.717, 1.165) is 29.4 Å². The molecule has 7 nitrogen and oxygen atoms in total. The number of hydrogen-bond acceptors (Lipinski definition) is 5. The van der Waals surface area contributed by atoms with Crippen molar-refractivity contribution < 1.29 is 14.3 Å². The highest BCUT2D eigenvalue weighted by molar-refractivity contribution is 6.39. The summed E-state index contributed by atoms with van der Waals surface area (Å²) in [4.78, 5) is 27.3. The van der Waals surface area contributed by atoms with Gasteiger partial charge in [-0.1, -0.05) is 54.6 Å². The second kappa shape index (κ2) is 10.1. The van der Waals surface area contributed by atoms with Crippen molar-refractivity contribution in [2.75, 3.05) is 38.2 Å². The van der Waals surface area contributed by atoms with Crippen LogP contribution in [0, 0.1) is 11.3 Å². The molecule has 3 aromatic carbocycles. The van der Waals surface area contributed by atoms with Crippen LogP contribution in [0.25, 0.3) is 10.8 Å². The molecule has 0 aliphatic carbocycles. The van der Waals surface area contributed by atoms with Gasteiger partial charge in [0.2, 0.25) is 0 Å². The molecule has 1 fully saturated rings. The van der Waals surface area contributed by atoms with E-state index in [1.54, 1.807) is 24.3 Å². The molecule has 1 atom stereocenters. The Kier molecular flexibility index (Phi) is 6.75. The minimum absolute atomic E-state index is 0.104. The van der Waals surface area contributed by atoms with Gasteiger partial charge in [0, 0.05) is 19.6 Å². The van der Waals surface area contributed by atoms with Crippen LogP contribution in [0.5, 0.6) is 0 Å². The first-order valence-corrected chi connectivity index (χ1v) is 10.5. The maximum atomic E-state index is 12.6.